The van der Waals surface area contributed by atoms with Crippen LogP contribution in [0.15, 0.2) is 17.2 Å². The van der Waals surface area contributed by atoms with E-state index in [1.807, 2.05) is 12.3 Å². The molecule has 8 nitrogen and oxygen atoms in total. The van der Waals surface area contributed by atoms with Gasteiger partial charge in [-0.05, 0) is 6.92 Å². The van der Waals surface area contributed by atoms with E-state index in [2.05, 4.69) is 25.6 Å². The summed E-state index contributed by atoms with van der Waals surface area (Å²) >= 11 is 1.47. The third-order valence-corrected chi connectivity index (χ3v) is 2.90. The molecule has 9 heteroatoms. The van der Waals surface area contributed by atoms with Crippen molar-refractivity contribution in [3.63, 3.8) is 0 Å². The lowest BCUT2D eigenvalue weighted by atomic mass is 10.4. The van der Waals surface area contributed by atoms with Crippen LogP contribution in [0.5, 0.6) is 0 Å². The average Bonchev–Trinajstić information content (AvgIpc) is 2.89. The van der Waals surface area contributed by atoms with Crippen LogP contribution in [0.1, 0.15) is 12.6 Å². The number of nitrogens with one attached hydrogen (secondary N) is 2. The minimum absolute atomic E-state index is 0.153. The van der Waals surface area contributed by atoms with Crippen molar-refractivity contribution in [2.75, 3.05) is 17.2 Å². The van der Waals surface area contributed by atoms with Gasteiger partial charge in [-0.2, -0.15) is 0 Å². The Bertz CT molecular complexity index is 559. The number of anilines is 2. The average molecular weight is 280 g/mol. The molecule has 2 rings (SSSR count). The van der Waals surface area contributed by atoms with Gasteiger partial charge in [-0.3, -0.25) is 10.1 Å². The zero-order valence-electron chi connectivity index (χ0n) is 10.2. The second kappa shape index (κ2) is 6.05. The third-order valence-electron chi connectivity index (χ3n) is 2.27. The summed E-state index contributed by atoms with van der Waals surface area (Å²) in [6.07, 6.45) is 1.29. The molecule has 2 heterocycles. The normalized spacial score (nSPS) is 10.2. The highest BCUT2D eigenvalue weighted by Gasteiger charge is 2.22. The van der Waals surface area contributed by atoms with Crippen molar-refractivity contribution in [3.05, 3.63) is 33.0 Å². The summed E-state index contributed by atoms with van der Waals surface area (Å²) in [5, 5.41) is 18.7. The fraction of sp³-hybridized carbons (Fsp3) is 0.300. The number of hydrogen-bond donors (Lipinski definition) is 2. The third kappa shape index (κ3) is 3.13. The van der Waals surface area contributed by atoms with Crippen molar-refractivity contribution in [2.45, 2.75) is 13.5 Å². The van der Waals surface area contributed by atoms with Gasteiger partial charge in [0.25, 0.3) is 0 Å². The van der Waals surface area contributed by atoms with Crippen LogP contribution in [-0.2, 0) is 6.54 Å². The summed E-state index contributed by atoms with van der Waals surface area (Å²) in [4.78, 5) is 22.5. The Kier molecular flexibility index (Phi) is 4.18. The van der Waals surface area contributed by atoms with Crippen molar-refractivity contribution >= 4 is 28.7 Å². The van der Waals surface area contributed by atoms with Gasteiger partial charge in [0.2, 0.25) is 11.6 Å². The topological polar surface area (TPSA) is 106 Å². The molecule has 0 radical (unpaired) electrons. The van der Waals surface area contributed by atoms with Gasteiger partial charge < -0.3 is 10.6 Å². The van der Waals surface area contributed by atoms with Crippen LogP contribution in [0.3, 0.4) is 0 Å². The minimum Gasteiger partial charge on any atom is -0.364 e. The fourth-order valence-corrected chi connectivity index (χ4v) is 2.04. The fourth-order valence-electron chi connectivity index (χ4n) is 1.48. The predicted octanol–water partition coefficient (Wildman–Crippen LogP) is 1.89. The van der Waals surface area contributed by atoms with E-state index in [4.69, 9.17) is 0 Å². The number of nitro groups is 1. The zero-order chi connectivity index (χ0) is 13.7. The molecule has 0 aliphatic heterocycles. The summed E-state index contributed by atoms with van der Waals surface area (Å²) in [6.45, 7) is 2.77. The van der Waals surface area contributed by atoms with Gasteiger partial charge in [0, 0.05) is 11.9 Å². The van der Waals surface area contributed by atoms with Crippen molar-refractivity contribution in [1.82, 2.24) is 15.0 Å². The summed E-state index contributed by atoms with van der Waals surface area (Å²) in [5.41, 5.74) is 2.36. The molecule has 0 spiro atoms. The van der Waals surface area contributed by atoms with Crippen molar-refractivity contribution in [1.29, 1.82) is 0 Å². The Morgan fingerprint density at radius 3 is 2.63 bits per heavy atom. The smallest absolute Gasteiger partial charge is 0.353 e. The highest BCUT2D eigenvalue weighted by atomic mass is 32.1. The molecule has 0 saturated heterocycles. The zero-order valence-corrected chi connectivity index (χ0v) is 11.0. The summed E-state index contributed by atoms with van der Waals surface area (Å²) in [5.74, 6) is 0.396. The Balaban J connectivity index is 2.23. The molecule has 19 heavy (non-hydrogen) atoms. The van der Waals surface area contributed by atoms with E-state index in [0.29, 0.717) is 13.1 Å². The van der Waals surface area contributed by atoms with Gasteiger partial charge in [0.05, 0.1) is 22.7 Å². The number of nitrogens with zero attached hydrogens (tertiary/aromatic N) is 4. The molecule has 0 aromatic carbocycles. The SMILES string of the molecule is CCNc1ncnc(NCc2cscn2)c1[N+](=O)[O-]. The molecule has 100 valence electrons. The van der Waals surface area contributed by atoms with E-state index in [0.717, 1.165) is 5.69 Å². The van der Waals surface area contributed by atoms with Crippen LogP contribution in [0, 0.1) is 10.1 Å². The minimum atomic E-state index is -0.499. The van der Waals surface area contributed by atoms with Gasteiger partial charge in [-0.1, -0.05) is 0 Å². The molecular formula is C10H12N6O2S. The van der Waals surface area contributed by atoms with E-state index in [1.165, 1.54) is 17.7 Å². The monoisotopic (exact) mass is 280 g/mol. The number of rotatable bonds is 6. The molecule has 0 aliphatic carbocycles. The second-order valence-electron chi connectivity index (χ2n) is 3.54. The van der Waals surface area contributed by atoms with E-state index in [-0.39, 0.29) is 17.3 Å². The van der Waals surface area contributed by atoms with Gasteiger partial charge in [-0.15, -0.1) is 11.3 Å². The second-order valence-corrected chi connectivity index (χ2v) is 4.26. The standard InChI is InChI=1S/C10H12N6O2S/c1-2-11-9-8(16(17)18)10(14-5-13-9)12-3-7-4-19-6-15-7/h4-6H,2-3H2,1H3,(H2,11,12,13,14). The molecule has 0 amide bonds. The van der Waals surface area contributed by atoms with E-state index >= 15 is 0 Å². The highest BCUT2D eigenvalue weighted by molar-refractivity contribution is 7.07. The Morgan fingerprint density at radius 1 is 1.32 bits per heavy atom. The van der Waals surface area contributed by atoms with Crippen LogP contribution < -0.4 is 10.6 Å². The van der Waals surface area contributed by atoms with Gasteiger partial charge in [0.1, 0.15) is 6.33 Å². The summed E-state index contributed by atoms with van der Waals surface area (Å²) in [7, 11) is 0. The number of hydrogen-bond acceptors (Lipinski definition) is 8. The molecular weight excluding hydrogens is 268 g/mol. The molecule has 2 aromatic heterocycles. The predicted molar refractivity (Wildman–Crippen MR) is 72.3 cm³/mol. The van der Waals surface area contributed by atoms with Crippen LogP contribution in [0.4, 0.5) is 17.3 Å². The first-order valence-corrected chi connectivity index (χ1v) is 6.50. The number of thiazole rings is 1. The molecule has 0 atom stereocenters. The van der Waals surface area contributed by atoms with Crippen molar-refractivity contribution < 1.29 is 4.92 Å². The summed E-state index contributed by atoms with van der Waals surface area (Å²) < 4.78 is 0. The Morgan fingerprint density at radius 2 is 2.05 bits per heavy atom. The maximum Gasteiger partial charge on any atom is 0.353 e. The molecule has 2 N–H and O–H groups in total. The van der Waals surface area contributed by atoms with Gasteiger partial charge in [0.15, 0.2) is 0 Å². The molecule has 0 unspecified atom stereocenters. The first kappa shape index (κ1) is 13.1. The lowest BCUT2D eigenvalue weighted by Gasteiger charge is -2.07. The van der Waals surface area contributed by atoms with Crippen LogP contribution in [0.2, 0.25) is 0 Å². The highest BCUT2D eigenvalue weighted by Crippen LogP contribution is 2.28. The van der Waals surface area contributed by atoms with Gasteiger partial charge in [-0.25, -0.2) is 15.0 Å². The van der Waals surface area contributed by atoms with Crippen LogP contribution >= 0.6 is 11.3 Å². The Labute approximate surface area is 113 Å². The molecule has 2 aromatic rings. The van der Waals surface area contributed by atoms with E-state index in [9.17, 15) is 10.1 Å². The molecule has 0 fully saturated rings. The number of aromatic nitrogens is 3. The maximum atomic E-state index is 11.1. The van der Waals surface area contributed by atoms with Crippen LogP contribution in [0.25, 0.3) is 0 Å². The molecule has 0 bridgehead atoms. The van der Waals surface area contributed by atoms with Gasteiger partial charge >= 0.3 is 5.69 Å². The maximum absolute atomic E-state index is 11.1. The van der Waals surface area contributed by atoms with Crippen molar-refractivity contribution in [3.8, 4) is 0 Å². The quantitative estimate of drug-likeness (QED) is 0.614. The first-order chi connectivity index (χ1) is 9.22. The van der Waals surface area contributed by atoms with Crippen molar-refractivity contribution in [2.24, 2.45) is 0 Å². The molecule has 0 saturated carbocycles. The lowest BCUT2D eigenvalue weighted by Crippen LogP contribution is -2.09. The lowest BCUT2D eigenvalue weighted by molar-refractivity contribution is -0.383. The van der Waals surface area contributed by atoms with E-state index < -0.39 is 4.92 Å². The van der Waals surface area contributed by atoms with Crippen LogP contribution in [-0.4, -0.2) is 26.4 Å². The summed E-state index contributed by atoms with van der Waals surface area (Å²) in [6, 6.07) is 0. The Hall–Kier alpha value is -2.29. The molecule has 0 aliphatic rings. The first-order valence-electron chi connectivity index (χ1n) is 5.56. The largest absolute Gasteiger partial charge is 0.364 e. The van der Waals surface area contributed by atoms with E-state index in [1.54, 1.807) is 5.51 Å².